The Labute approximate surface area is 159 Å². The molecule has 26 heavy (non-hydrogen) atoms. The normalized spacial score (nSPS) is 35.1. The summed E-state index contributed by atoms with van der Waals surface area (Å²) in [5, 5.41) is 4.07. The summed E-state index contributed by atoms with van der Waals surface area (Å²) < 4.78 is 6.01. The molecule has 0 radical (unpaired) electrons. The molecule has 0 aromatic heterocycles. The van der Waals surface area contributed by atoms with Crippen LogP contribution < -0.4 is 5.32 Å². The smallest absolute Gasteiger partial charge is 0.0579 e. The van der Waals surface area contributed by atoms with E-state index in [1.807, 2.05) is 0 Å². The molecule has 3 nitrogen and oxygen atoms in total. The predicted molar refractivity (Wildman–Crippen MR) is 107 cm³/mol. The molecular formula is C23H36N2O. The maximum absolute atomic E-state index is 6.01. The van der Waals surface area contributed by atoms with E-state index in [9.17, 15) is 0 Å². The van der Waals surface area contributed by atoms with Crippen LogP contribution in [0.15, 0.2) is 30.3 Å². The summed E-state index contributed by atoms with van der Waals surface area (Å²) in [6, 6.07) is 12.4. The monoisotopic (exact) mass is 356 g/mol. The lowest BCUT2D eigenvalue weighted by Crippen LogP contribution is -2.44. The summed E-state index contributed by atoms with van der Waals surface area (Å²) in [6.07, 6.45) is 8.72. The van der Waals surface area contributed by atoms with Gasteiger partial charge in [0.05, 0.1) is 12.2 Å². The number of nitrogens with zero attached hydrogens (tertiary/aromatic N) is 1. The van der Waals surface area contributed by atoms with Crippen LogP contribution in [0.25, 0.3) is 0 Å². The highest BCUT2D eigenvalue weighted by Crippen LogP contribution is 2.39. The molecule has 3 heteroatoms. The van der Waals surface area contributed by atoms with Crippen molar-refractivity contribution in [2.75, 3.05) is 13.1 Å². The lowest BCUT2D eigenvalue weighted by atomic mass is 9.90. The molecule has 1 aromatic rings. The van der Waals surface area contributed by atoms with Crippen molar-refractivity contribution in [3.8, 4) is 0 Å². The van der Waals surface area contributed by atoms with Crippen LogP contribution >= 0.6 is 0 Å². The van der Waals surface area contributed by atoms with Gasteiger partial charge < -0.3 is 10.1 Å². The van der Waals surface area contributed by atoms with Crippen molar-refractivity contribution >= 4 is 0 Å². The second-order valence-electron chi connectivity index (χ2n) is 9.11. The molecule has 0 amide bonds. The van der Waals surface area contributed by atoms with E-state index in [1.54, 1.807) is 0 Å². The van der Waals surface area contributed by atoms with Crippen LogP contribution in [-0.4, -0.2) is 42.3 Å². The van der Waals surface area contributed by atoms with Crippen molar-refractivity contribution in [1.82, 2.24) is 10.2 Å². The Bertz CT molecular complexity index is 553. The highest BCUT2D eigenvalue weighted by atomic mass is 16.5. The van der Waals surface area contributed by atoms with Gasteiger partial charge in [-0.2, -0.15) is 0 Å². The van der Waals surface area contributed by atoms with Gasteiger partial charge in [-0.1, -0.05) is 30.3 Å². The third kappa shape index (κ3) is 4.49. The van der Waals surface area contributed by atoms with Crippen molar-refractivity contribution in [1.29, 1.82) is 0 Å². The van der Waals surface area contributed by atoms with Crippen molar-refractivity contribution in [3.05, 3.63) is 35.9 Å². The van der Waals surface area contributed by atoms with E-state index >= 15 is 0 Å². The van der Waals surface area contributed by atoms with Gasteiger partial charge in [0, 0.05) is 31.7 Å². The topological polar surface area (TPSA) is 24.5 Å². The third-order valence-corrected chi connectivity index (χ3v) is 6.77. The number of likely N-dealkylation sites (tertiary alicyclic amines) is 1. The van der Waals surface area contributed by atoms with Gasteiger partial charge in [-0.25, -0.2) is 0 Å². The Kier molecular flexibility index (Phi) is 5.97. The average Bonchev–Trinajstić information content (AvgIpc) is 3.18. The Hall–Kier alpha value is -0.900. The Balaban J connectivity index is 1.25. The van der Waals surface area contributed by atoms with Gasteiger partial charge in [0.2, 0.25) is 0 Å². The molecule has 1 saturated heterocycles. The zero-order chi connectivity index (χ0) is 17.9. The van der Waals surface area contributed by atoms with Crippen molar-refractivity contribution < 1.29 is 4.74 Å². The quantitative estimate of drug-likeness (QED) is 0.826. The number of hydrogen-bond donors (Lipinski definition) is 1. The zero-order valence-corrected chi connectivity index (χ0v) is 16.6. The minimum absolute atomic E-state index is 0.370. The highest BCUT2D eigenvalue weighted by molar-refractivity contribution is 5.15. The number of fused-ring (bicyclic) bond motifs is 1. The van der Waals surface area contributed by atoms with Gasteiger partial charge in [-0.3, -0.25) is 4.90 Å². The average molecular weight is 357 g/mol. The fraction of sp³-hybridized carbons (Fsp3) is 0.739. The molecule has 2 saturated carbocycles. The summed E-state index contributed by atoms with van der Waals surface area (Å²) in [7, 11) is 0. The lowest BCUT2D eigenvalue weighted by Gasteiger charge is -2.33. The molecule has 1 aromatic carbocycles. The lowest BCUT2D eigenvalue weighted by molar-refractivity contribution is -0.0170. The van der Waals surface area contributed by atoms with Crippen LogP contribution in [0.1, 0.15) is 57.9 Å². The van der Waals surface area contributed by atoms with Crippen molar-refractivity contribution in [3.63, 3.8) is 0 Å². The molecule has 0 bridgehead atoms. The van der Waals surface area contributed by atoms with Crippen LogP contribution in [0.5, 0.6) is 0 Å². The first-order valence-corrected chi connectivity index (χ1v) is 10.8. The van der Waals surface area contributed by atoms with Crippen LogP contribution in [0.4, 0.5) is 0 Å². The van der Waals surface area contributed by atoms with Crippen LogP contribution in [0.2, 0.25) is 0 Å². The standard InChI is InChI=1S/C23H36N2O/c1-17(2)26-21-11-9-20(10-12-21)24-23-13-8-19-15-25(16-22(19)23)14-18-6-4-3-5-7-18/h3-7,17,19-24H,8-16H2,1-2H3. The first kappa shape index (κ1) is 18.5. The summed E-state index contributed by atoms with van der Waals surface area (Å²) in [5.41, 5.74) is 1.46. The molecular weight excluding hydrogens is 320 g/mol. The highest BCUT2D eigenvalue weighted by Gasteiger charge is 2.43. The summed E-state index contributed by atoms with van der Waals surface area (Å²) in [6.45, 7) is 8.02. The SMILES string of the molecule is CC(C)OC1CCC(NC2CCC3CN(Cc4ccccc4)CC32)CC1. The second kappa shape index (κ2) is 8.41. The number of rotatable bonds is 6. The van der Waals surface area contributed by atoms with Gasteiger partial charge >= 0.3 is 0 Å². The molecule has 4 rings (SSSR count). The van der Waals surface area contributed by atoms with Gasteiger partial charge in [0.1, 0.15) is 0 Å². The van der Waals surface area contributed by atoms with Crippen LogP contribution in [-0.2, 0) is 11.3 Å². The predicted octanol–water partition coefficient (Wildman–Crippen LogP) is 4.22. The van der Waals surface area contributed by atoms with Gasteiger partial charge in [-0.05, 0) is 69.8 Å². The van der Waals surface area contributed by atoms with Gasteiger partial charge in [0.25, 0.3) is 0 Å². The number of nitrogens with one attached hydrogen (secondary N) is 1. The fourth-order valence-electron chi connectivity index (χ4n) is 5.59. The van der Waals surface area contributed by atoms with E-state index < -0.39 is 0 Å². The minimum Gasteiger partial charge on any atom is -0.376 e. The number of ether oxygens (including phenoxy) is 1. The number of hydrogen-bond acceptors (Lipinski definition) is 3. The first-order chi connectivity index (χ1) is 12.7. The van der Waals surface area contributed by atoms with E-state index in [1.165, 1.54) is 57.2 Å². The van der Waals surface area contributed by atoms with E-state index in [0.717, 1.165) is 24.4 Å². The fourth-order valence-corrected chi connectivity index (χ4v) is 5.59. The molecule has 1 heterocycles. The number of benzene rings is 1. The molecule has 3 aliphatic rings. The van der Waals surface area contributed by atoms with Gasteiger partial charge in [-0.15, -0.1) is 0 Å². The zero-order valence-electron chi connectivity index (χ0n) is 16.6. The molecule has 3 unspecified atom stereocenters. The Morgan fingerprint density at radius 3 is 2.50 bits per heavy atom. The van der Waals surface area contributed by atoms with Crippen LogP contribution in [0, 0.1) is 11.8 Å². The minimum atomic E-state index is 0.370. The van der Waals surface area contributed by atoms with E-state index in [4.69, 9.17) is 4.74 Å². The Morgan fingerprint density at radius 1 is 1.00 bits per heavy atom. The Morgan fingerprint density at radius 2 is 1.77 bits per heavy atom. The molecule has 3 fully saturated rings. The molecule has 144 valence electrons. The third-order valence-electron chi connectivity index (χ3n) is 6.77. The second-order valence-corrected chi connectivity index (χ2v) is 9.11. The van der Waals surface area contributed by atoms with E-state index in [0.29, 0.717) is 18.2 Å². The van der Waals surface area contributed by atoms with Gasteiger partial charge in [0.15, 0.2) is 0 Å². The molecule has 1 N–H and O–H groups in total. The van der Waals surface area contributed by atoms with E-state index in [-0.39, 0.29) is 0 Å². The molecule has 1 aliphatic heterocycles. The maximum Gasteiger partial charge on any atom is 0.0579 e. The van der Waals surface area contributed by atoms with Crippen molar-refractivity contribution in [2.45, 2.75) is 83.2 Å². The summed E-state index contributed by atoms with van der Waals surface area (Å²) in [5.74, 6) is 1.78. The molecule has 0 spiro atoms. The maximum atomic E-state index is 6.01. The molecule has 2 aliphatic carbocycles. The molecule has 3 atom stereocenters. The largest absolute Gasteiger partial charge is 0.376 e. The van der Waals surface area contributed by atoms with E-state index in [2.05, 4.69) is 54.4 Å². The summed E-state index contributed by atoms with van der Waals surface area (Å²) >= 11 is 0. The first-order valence-electron chi connectivity index (χ1n) is 10.8. The van der Waals surface area contributed by atoms with Crippen molar-refractivity contribution in [2.24, 2.45) is 11.8 Å². The summed E-state index contributed by atoms with van der Waals surface area (Å²) in [4.78, 5) is 2.69. The van der Waals surface area contributed by atoms with Crippen LogP contribution in [0.3, 0.4) is 0 Å².